The molecule has 0 spiro atoms. The van der Waals surface area contributed by atoms with E-state index in [1.807, 2.05) is 0 Å². The number of allylic oxidation sites excluding steroid dienone is 1. The van der Waals surface area contributed by atoms with Crippen molar-refractivity contribution in [3.63, 3.8) is 0 Å². The smallest absolute Gasteiger partial charge is 0.339 e. The maximum Gasteiger partial charge on any atom is 0.339 e. The summed E-state index contributed by atoms with van der Waals surface area (Å²) >= 11 is 0. The largest absolute Gasteiger partial charge is 0.465 e. The van der Waals surface area contributed by atoms with Crippen molar-refractivity contribution in [1.29, 1.82) is 0 Å². The van der Waals surface area contributed by atoms with Crippen LogP contribution in [0.3, 0.4) is 0 Å². The molecule has 120 valence electrons. The third kappa shape index (κ3) is 3.84. The highest BCUT2D eigenvalue weighted by atomic mass is 16.5. The number of H-pyrrole nitrogens is 1. The van der Waals surface area contributed by atoms with Gasteiger partial charge >= 0.3 is 11.9 Å². The van der Waals surface area contributed by atoms with E-state index in [1.54, 1.807) is 27.7 Å². The van der Waals surface area contributed by atoms with Gasteiger partial charge in [0, 0.05) is 11.8 Å². The minimum Gasteiger partial charge on any atom is -0.465 e. The number of Topliss-reactive ketones (excluding diaryl/α,β-unsaturated/α-hetero) is 1. The molecule has 0 aliphatic rings. The number of methoxy groups -OCH3 is 1. The summed E-state index contributed by atoms with van der Waals surface area (Å²) in [5.74, 6) is -1.49. The van der Waals surface area contributed by atoms with Crippen LogP contribution >= 0.6 is 0 Å². The average Bonchev–Trinajstić information content (AvgIpc) is 2.71. The van der Waals surface area contributed by atoms with Gasteiger partial charge in [-0.3, -0.25) is 4.79 Å². The standard InChI is InChI=1S/C16H21NO5/c1-8(2)7-12(18)22-11(5)15(19)14-9(3)13(10(4)17-14)16(20)21-6/h7,11,17H,1-6H3/t11-/m1/s1. The first-order valence-corrected chi connectivity index (χ1v) is 6.86. The minimum absolute atomic E-state index is 0.246. The van der Waals surface area contributed by atoms with E-state index in [2.05, 4.69) is 4.98 Å². The van der Waals surface area contributed by atoms with Crippen molar-refractivity contribution in [1.82, 2.24) is 4.98 Å². The predicted molar refractivity (Wildman–Crippen MR) is 80.9 cm³/mol. The molecule has 1 aromatic rings. The highest BCUT2D eigenvalue weighted by Crippen LogP contribution is 2.20. The summed E-state index contributed by atoms with van der Waals surface area (Å²) in [5, 5.41) is 0. The zero-order valence-electron chi connectivity index (χ0n) is 13.7. The molecule has 0 aromatic carbocycles. The molecule has 0 unspecified atom stereocenters. The van der Waals surface area contributed by atoms with Crippen molar-refractivity contribution in [2.24, 2.45) is 0 Å². The van der Waals surface area contributed by atoms with Gasteiger partial charge in [-0.1, -0.05) is 5.57 Å². The third-order valence-electron chi connectivity index (χ3n) is 3.14. The van der Waals surface area contributed by atoms with Crippen LogP contribution in [0.25, 0.3) is 0 Å². The van der Waals surface area contributed by atoms with Crippen molar-refractivity contribution >= 4 is 17.7 Å². The zero-order valence-corrected chi connectivity index (χ0v) is 13.7. The number of ether oxygens (including phenoxy) is 2. The Balaban J connectivity index is 3.02. The van der Waals surface area contributed by atoms with Crippen LogP contribution in [0, 0.1) is 13.8 Å². The molecule has 0 aliphatic heterocycles. The maximum atomic E-state index is 12.4. The fourth-order valence-corrected chi connectivity index (χ4v) is 2.11. The summed E-state index contributed by atoms with van der Waals surface area (Å²) < 4.78 is 9.76. The van der Waals surface area contributed by atoms with Crippen LogP contribution in [0.4, 0.5) is 0 Å². The van der Waals surface area contributed by atoms with E-state index in [-0.39, 0.29) is 5.69 Å². The Labute approximate surface area is 129 Å². The quantitative estimate of drug-likeness (QED) is 0.513. The lowest BCUT2D eigenvalue weighted by Gasteiger charge is -2.11. The van der Waals surface area contributed by atoms with Crippen LogP contribution < -0.4 is 0 Å². The Morgan fingerprint density at radius 3 is 2.27 bits per heavy atom. The average molecular weight is 307 g/mol. The number of carbonyl (C=O) groups excluding carboxylic acids is 3. The molecule has 0 bridgehead atoms. The SMILES string of the molecule is COC(=O)c1c(C)[nH]c(C(=O)[C@@H](C)OC(=O)C=C(C)C)c1C. The molecular formula is C16H21NO5. The summed E-state index contributed by atoms with van der Waals surface area (Å²) in [5.41, 5.74) is 2.38. The Morgan fingerprint density at radius 1 is 1.18 bits per heavy atom. The first-order valence-electron chi connectivity index (χ1n) is 6.86. The van der Waals surface area contributed by atoms with Gasteiger partial charge in [-0.15, -0.1) is 0 Å². The number of hydrogen-bond acceptors (Lipinski definition) is 5. The normalized spacial score (nSPS) is 11.5. The number of aromatic nitrogens is 1. The zero-order chi connectivity index (χ0) is 17.0. The predicted octanol–water partition coefficient (Wildman–Crippen LogP) is 2.50. The van der Waals surface area contributed by atoms with Gasteiger partial charge in [-0.25, -0.2) is 9.59 Å². The van der Waals surface area contributed by atoms with Gasteiger partial charge < -0.3 is 14.5 Å². The molecule has 1 rings (SSSR count). The van der Waals surface area contributed by atoms with Gasteiger partial charge in [0.1, 0.15) is 0 Å². The number of aromatic amines is 1. The number of nitrogens with one attached hydrogen (secondary N) is 1. The molecule has 0 saturated heterocycles. The van der Waals surface area contributed by atoms with Crippen molar-refractivity contribution in [3.8, 4) is 0 Å². The summed E-state index contributed by atoms with van der Waals surface area (Å²) in [6.07, 6.45) is 0.363. The topological polar surface area (TPSA) is 85.5 Å². The lowest BCUT2D eigenvalue weighted by Crippen LogP contribution is -2.24. The molecule has 6 nitrogen and oxygen atoms in total. The van der Waals surface area contributed by atoms with Gasteiger partial charge in [-0.2, -0.15) is 0 Å². The molecule has 1 heterocycles. The summed E-state index contributed by atoms with van der Waals surface area (Å²) in [7, 11) is 1.28. The molecular weight excluding hydrogens is 286 g/mol. The van der Waals surface area contributed by atoms with Crippen LogP contribution in [0.5, 0.6) is 0 Å². The molecule has 0 radical (unpaired) electrons. The van der Waals surface area contributed by atoms with Gasteiger partial charge in [0.15, 0.2) is 6.10 Å². The van der Waals surface area contributed by atoms with E-state index in [0.717, 1.165) is 5.57 Å². The fraction of sp³-hybridized carbons (Fsp3) is 0.438. The number of hydrogen-bond donors (Lipinski definition) is 1. The van der Waals surface area contributed by atoms with Crippen molar-refractivity contribution < 1.29 is 23.9 Å². The molecule has 22 heavy (non-hydrogen) atoms. The lowest BCUT2D eigenvalue weighted by molar-refractivity contribution is -0.140. The Morgan fingerprint density at radius 2 is 1.77 bits per heavy atom. The molecule has 1 aromatic heterocycles. The molecule has 1 atom stereocenters. The van der Waals surface area contributed by atoms with E-state index < -0.39 is 23.8 Å². The Bertz CT molecular complexity index is 635. The van der Waals surface area contributed by atoms with Gasteiger partial charge in [-0.05, 0) is 40.2 Å². The van der Waals surface area contributed by atoms with Gasteiger partial charge in [0.2, 0.25) is 5.78 Å². The molecule has 0 fully saturated rings. The maximum absolute atomic E-state index is 12.4. The number of aryl methyl sites for hydroxylation is 1. The highest BCUT2D eigenvalue weighted by Gasteiger charge is 2.26. The molecule has 0 saturated carbocycles. The van der Waals surface area contributed by atoms with Crippen LogP contribution in [0.15, 0.2) is 11.6 Å². The van der Waals surface area contributed by atoms with E-state index in [1.165, 1.54) is 20.1 Å². The van der Waals surface area contributed by atoms with Crippen molar-refractivity contribution in [3.05, 3.63) is 34.2 Å². The molecule has 0 aliphatic carbocycles. The minimum atomic E-state index is -0.953. The van der Waals surface area contributed by atoms with E-state index in [9.17, 15) is 14.4 Å². The van der Waals surface area contributed by atoms with Crippen LogP contribution in [0.1, 0.15) is 52.9 Å². The highest BCUT2D eigenvalue weighted by molar-refractivity contribution is 6.04. The van der Waals surface area contributed by atoms with Crippen LogP contribution in [0.2, 0.25) is 0 Å². The first-order chi connectivity index (χ1) is 10.2. The van der Waals surface area contributed by atoms with Gasteiger partial charge in [0.25, 0.3) is 0 Å². The second-order valence-corrected chi connectivity index (χ2v) is 5.28. The Kier molecular flexibility index (Phi) is 5.68. The monoisotopic (exact) mass is 307 g/mol. The number of carbonyl (C=O) groups is 3. The molecule has 6 heteroatoms. The third-order valence-corrected chi connectivity index (χ3v) is 3.14. The lowest BCUT2D eigenvalue weighted by atomic mass is 10.1. The van der Waals surface area contributed by atoms with Crippen LogP contribution in [-0.2, 0) is 14.3 Å². The van der Waals surface area contributed by atoms with Crippen LogP contribution in [-0.4, -0.2) is 35.9 Å². The second kappa shape index (κ2) is 7.06. The number of ketones is 1. The summed E-state index contributed by atoms with van der Waals surface area (Å²) in [4.78, 5) is 38.5. The Hall–Kier alpha value is -2.37. The summed E-state index contributed by atoms with van der Waals surface area (Å²) in [6.45, 7) is 8.33. The first kappa shape index (κ1) is 17.7. The van der Waals surface area contributed by atoms with Crippen molar-refractivity contribution in [2.75, 3.05) is 7.11 Å². The number of rotatable bonds is 5. The fourth-order valence-electron chi connectivity index (χ4n) is 2.11. The van der Waals surface area contributed by atoms with E-state index in [4.69, 9.17) is 9.47 Å². The number of esters is 2. The van der Waals surface area contributed by atoms with Gasteiger partial charge in [0.05, 0.1) is 18.4 Å². The second-order valence-electron chi connectivity index (χ2n) is 5.28. The van der Waals surface area contributed by atoms with E-state index in [0.29, 0.717) is 16.8 Å². The molecule has 1 N–H and O–H groups in total. The van der Waals surface area contributed by atoms with Crippen molar-refractivity contribution in [2.45, 2.75) is 40.7 Å². The van der Waals surface area contributed by atoms with E-state index >= 15 is 0 Å². The molecule has 0 amide bonds. The summed E-state index contributed by atoms with van der Waals surface area (Å²) in [6, 6.07) is 0.